The molecule has 1 N–H and O–H groups in total. The van der Waals surface area contributed by atoms with Crippen LogP contribution in [0.5, 0.6) is 5.75 Å². The van der Waals surface area contributed by atoms with Crippen LogP contribution in [0.25, 0.3) is 0 Å². The Morgan fingerprint density at radius 1 is 1.47 bits per heavy atom. The molecule has 94 valence electrons. The van der Waals surface area contributed by atoms with Gasteiger partial charge in [0, 0.05) is 16.6 Å². The van der Waals surface area contributed by atoms with E-state index in [9.17, 15) is 0 Å². The standard InChI is InChI=1S/C14H20BrNO/c1-5-16-8-12-7-13(15)6-11(4)14(12)17-9-10(2)3/h6-7,16H,2,5,8-9H2,1,3-4H3. The summed E-state index contributed by atoms with van der Waals surface area (Å²) in [4.78, 5) is 0. The number of hydrogen-bond acceptors (Lipinski definition) is 2. The summed E-state index contributed by atoms with van der Waals surface area (Å²) >= 11 is 3.52. The molecule has 0 aliphatic rings. The van der Waals surface area contributed by atoms with Crippen molar-refractivity contribution in [2.24, 2.45) is 0 Å². The van der Waals surface area contributed by atoms with Crippen LogP contribution >= 0.6 is 15.9 Å². The minimum Gasteiger partial charge on any atom is -0.489 e. The Bertz CT molecular complexity index is 401. The fourth-order valence-electron chi connectivity index (χ4n) is 1.59. The summed E-state index contributed by atoms with van der Waals surface area (Å²) in [6, 6.07) is 4.17. The molecule has 1 aromatic carbocycles. The Morgan fingerprint density at radius 3 is 2.76 bits per heavy atom. The molecular formula is C14H20BrNO. The van der Waals surface area contributed by atoms with Crippen LogP contribution in [-0.4, -0.2) is 13.2 Å². The Labute approximate surface area is 112 Å². The van der Waals surface area contributed by atoms with Crippen molar-refractivity contribution in [3.8, 4) is 5.75 Å². The quantitative estimate of drug-likeness (QED) is 0.806. The molecule has 0 saturated carbocycles. The van der Waals surface area contributed by atoms with Crippen molar-refractivity contribution in [3.63, 3.8) is 0 Å². The van der Waals surface area contributed by atoms with E-state index in [1.165, 1.54) is 5.56 Å². The van der Waals surface area contributed by atoms with Gasteiger partial charge in [0.25, 0.3) is 0 Å². The van der Waals surface area contributed by atoms with Crippen LogP contribution in [0, 0.1) is 6.92 Å². The second kappa shape index (κ2) is 6.82. The van der Waals surface area contributed by atoms with Gasteiger partial charge in [-0.2, -0.15) is 0 Å². The number of halogens is 1. The summed E-state index contributed by atoms with van der Waals surface area (Å²) in [6.45, 7) is 12.3. The lowest BCUT2D eigenvalue weighted by molar-refractivity contribution is 0.345. The first kappa shape index (κ1) is 14.3. The summed E-state index contributed by atoms with van der Waals surface area (Å²) < 4.78 is 6.91. The van der Waals surface area contributed by atoms with Gasteiger partial charge in [0.2, 0.25) is 0 Å². The second-order valence-corrected chi connectivity index (χ2v) is 5.15. The number of benzene rings is 1. The maximum atomic E-state index is 5.82. The summed E-state index contributed by atoms with van der Waals surface area (Å²) in [6.07, 6.45) is 0. The highest BCUT2D eigenvalue weighted by atomic mass is 79.9. The molecule has 0 aromatic heterocycles. The molecule has 0 amide bonds. The lowest BCUT2D eigenvalue weighted by atomic mass is 10.1. The van der Waals surface area contributed by atoms with Crippen molar-refractivity contribution in [2.75, 3.05) is 13.2 Å². The van der Waals surface area contributed by atoms with E-state index in [-0.39, 0.29) is 0 Å². The maximum Gasteiger partial charge on any atom is 0.127 e. The van der Waals surface area contributed by atoms with Gasteiger partial charge in [0.1, 0.15) is 12.4 Å². The van der Waals surface area contributed by atoms with E-state index in [2.05, 4.69) is 53.8 Å². The third kappa shape index (κ3) is 4.52. The van der Waals surface area contributed by atoms with Crippen LogP contribution in [0.1, 0.15) is 25.0 Å². The first-order chi connectivity index (χ1) is 8.04. The lowest BCUT2D eigenvalue weighted by Gasteiger charge is -2.15. The van der Waals surface area contributed by atoms with Gasteiger partial charge in [0.15, 0.2) is 0 Å². The van der Waals surface area contributed by atoms with Crippen molar-refractivity contribution in [1.82, 2.24) is 5.32 Å². The molecule has 1 rings (SSSR count). The van der Waals surface area contributed by atoms with Gasteiger partial charge in [-0.25, -0.2) is 0 Å². The predicted molar refractivity (Wildman–Crippen MR) is 76.6 cm³/mol. The fraction of sp³-hybridized carbons (Fsp3) is 0.429. The number of hydrogen-bond donors (Lipinski definition) is 1. The SMILES string of the molecule is C=C(C)COc1c(C)cc(Br)cc1CNCC. The topological polar surface area (TPSA) is 21.3 Å². The fourth-order valence-corrected chi connectivity index (χ4v) is 2.21. The van der Waals surface area contributed by atoms with Crippen molar-refractivity contribution in [2.45, 2.75) is 27.3 Å². The van der Waals surface area contributed by atoms with E-state index in [0.717, 1.165) is 34.4 Å². The molecule has 0 radical (unpaired) electrons. The first-order valence-electron chi connectivity index (χ1n) is 5.81. The summed E-state index contributed by atoms with van der Waals surface area (Å²) in [5.74, 6) is 0.970. The van der Waals surface area contributed by atoms with Crippen LogP contribution in [-0.2, 0) is 6.54 Å². The molecule has 0 saturated heterocycles. The largest absolute Gasteiger partial charge is 0.489 e. The Kier molecular flexibility index (Phi) is 5.72. The zero-order valence-corrected chi connectivity index (χ0v) is 12.4. The first-order valence-corrected chi connectivity index (χ1v) is 6.60. The van der Waals surface area contributed by atoms with E-state index in [0.29, 0.717) is 6.61 Å². The molecular weight excluding hydrogens is 278 g/mol. The van der Waals surface area contributed by atoms with Crippen LogP contribution in [0.4, 0.5) is 0 Å². The Hall–Kier alpha value is -0.800. The summed E-state index contributed by atoms with van der Waals surface area (Å²) in [7, 11) is 0. The number of nitrogens with one attached hydrogen (secondary N) is 1. The van der Waals surface area contributed by atoms with Gasteiger partial charge in [-0.05, 0) is 43.7 Å². The average Bonchev–Trinajstić information content (AvgIpc) is 2.24. The van der Waals surface area contributed by atoms with Crippen LogP contribution in [0.3, 0.4) is 0 Å². The average molecular weight is 298 g/mol. The molecule has 0 bridgehead atoms. The van der Waals surface area contributed by atoms with E-state index >= 15 is 0 Å². The predicted octanol–water partition coefficient (Wildman–Crippen LogP) is 3.82. The van der Waals surface area contributed by atoms with Gasteiger partial charge in [-0.1, -0.05) is 29.4 Å². The molecule has 0 aliphatic carbocycles. The van der Waals surface area contributed by atoms with Gasteiger partial charge in [-0.3, -0.25) is 0 Å². The maximum absolute atomic E-state index is 5.82. The lowest BCUT2D eigenvalue weighted by Crippen LogP contribution is -2.14. The molecule has 2 nitrogen and oxygen atoms in total. The molecule has 1 aromatic rings. The highest BCUT2D eigenvalue weighted by molar-refractivity contribution is 9.10. The highest BCUT2D eigenvalue weighted by Gasteiger charge is 2.08. The van der Waals surface area contributed by atoms with Crippen molar-refractivity contribution < 1.29 is 4.74 Å². The monoisotopic (exact) mass is 297 g/mol. The smallest absolute Gasteiger partial charge is 0.127 e. The normalized spacial score (nSPS) is 10.4. The van der Waals surface area contributed by atoms with E-state index in [4.69, 9.17) is 4.74 Å². The third-order valence-corrected chi connectivity index (χ3v) is 2.80. The zero-order chi connectivity index (χ0) is 12.8. The molecule has 0 heterocycles. The zero-order valence-electron chi connectivity index (χ0n) is 10.8. The van der Waals surface area contributed by atoms with Crippen LogP contribution in [0.2, 0.25) is 0 Å². The minimum atomic E-state index is 0.571. The van der Waals surface area contributed by atoms with Crippen molar-refractivity contribution in [3.05, 3.63) is 39.9 Å². The molecule has 0 aliphatic heterocycles. The van der Waals surface area contributed by atoms with Gasteiger partial charge < -0.3 is 10.1 Å². The number of ether oxygens (including phenoxy) is 1. The molecule has 0 spiro atoms. The van der Waals surface area contributed by atoms with Gasteiger partial charge >= 0.3 is 0 Å². The van der Waals surface area contributed by atoms with Gasteiger partial charge in [-0.15, -0.1) is 0 Å². The van der Waals surface area contributed by atoms with Crippen molar-refractivity contribution in [1.29, 1.82) is 0 Å². The highest BCUT2D eigenvalue weighted by Crippen LogP contribution is 2.28. The Morgan fingerprint density at radius 2 is 2.18 bits per heavy atom. The minimum absolute atomic E-state index is 0.571. The van der Waals surface area contributed by atoms with Crippen LogP contribution in [0.15, 0.2) is 28.8 Å². The second-order valence-electron chi connectivity index (χ2n) is 4.24. The molecule has 17 heavy (non-hydrogen) atoms. The van der Waals surface area contributed by atoms with E-state index in [1.807, 2.05) is 6.92 Å². The Balaban J connectivity index is 2.93. The molecule has 0 atom stereocenters. The van der Waals surface area contributed by atoms with E-state index < -0.39 is 0 Å². The molecule has 0 unspecified atom stereocenters. The molecule has 3 heteroatoms. The summed E-state index contributed by atoms with van der Waals surface area (Å²) in [5.41, 5.74) is 3.36. The molecule has 0 fully saturated rings. The van der Waals surface area contributed by atoms with Crippen LogP contribution < -0.4 is 10.1 Å². The third-order valence-electron chi connectivity index (χ3n) is 2.34. The van der Waals surface area contributed by atoms with Gasteiger partial charge in [0.05, 0.1) is 0 Å². The number of aryl methyl sites for hydroxylation is 1. The number of rotatable bonds is 6. The summed E-state index contributed by atoms with van der Waals surface area (Å²) in [5, 5.41) is 3.32. The van der Waals surface area contributed by atoms with Crippen molar-refractivity contribution >= 4 is 15.9 Å². The van der Waals surface area contributed by atoms with E-state index in [1.54, 1.807) is 0 Å².